The Morgan fingerprint density at radius 3 is 2.30 bits per heavy atom. The van der Waals surface area contributed by atoms with Crippen molar-refractivity contribution in [2.75, 3.05) is 21.3 Å². The predicted octanol–water partition coefficient (Wildman–Crippen LogP) is 6.06. The number of hydrogen-bond acceptors (Lipinski definition) is 8. The molecule has 0 N–H and O–H groups in total. The fraction of sp³-hybridized carbons (Fsp3) is 0.138. The van der Waals surface area contributed by atoms with E-state index in [1.54, 1.807) is 18.2 Å². The van der Waals surface area contributed by atoms with Crippen LogP contribution in [0.25, 0.3) is 17.0 Å². The highest BCUT2D eigenvalue weighted by Gasteiger charge is 2.27. The Balaban J connectivity index is 1.59. The third-order valence-corrected chi connectivity index (χ3v) is 6.77. The molecule has 0 spiro atoms. The van der Waals surface area contributed by atoms with Gasteiger partial charge in [-0.2, -0.15) is 0 Å². The van der Waals surface area contributed by atoms with E-state index in [1.165, 1.54) is 33.1 Å². The zero-order valence-corrected chi connectivity index (χ0v) is 21.6. The molecule has 2 heterocycles. The van der Waals surface area contributed by atoms with Crippen LogP contribution in [0.2, 0.25) is 0 Å². The Morgan fingerprint density at radius 1 is 0.892 bits per heavy atom. The molecule has 4 aromatic rings. The van der Waals surface area contributed by atoms with Crippen LogP contribution >= 0.6 is 11.8 Å². The van der Waals surface area contributed by atoms with E-state index < -0.39 is 5.97 Å². The van der Waals surface area contributed by atoms with Gasteiger partial charge in [-0.15, -0.1) is 0 Å². The van der Waals surface area contributed by atoms with Crippen molar-refractivity contribution in [1.82, 2.24) is 4.98 Å². The molecule has 1 aromatic heterocycles. The average Bonchev–Trinajstić information content (AvgIpc) is 3.28. The van der Waals surface area contributed by atoms with Crippen molar-refractivity contribution in [2.24, 2.45) is 4.99 Å². The van der Waals surface area contributed by atoms with Gasteiger partial charge >= 0.3 is 5.97 Å². The quantitative estimate of drug-likeness (QED) is 0.220. The van der Waals surface area contributed by atoms with Crippen molar-refractivity contribution < 1.29 is 23.7 Å². The summed E-state index contributed by atoms with van der Waals surface area (Å²) in [6.45, 7) is 2.03. The van der Waals surface area contributed by atoms with Crippen molar-refractivity contribution in [3.8, 4) is 17.2 Å². The monoisotopic (exact) mass is 512 g/mol. The Labute approximate surface area is 218 Å². The zero-order valence-electron chi connectivity index (χ0n) is 20.8. The number of hydrogen-bond donors (Lipinski definition) is 0. The highest BCUT2D eigenvalue weighted by Crippen LogP contribution is 2.39. The summed E-state index contributed by atoms with van der Waals surface area (Å²) >= 11 is 1.53. The number of ether oxygens (including phenoxy) is 4. The number of aromatic nitrogens is 1. The normalized spacial score (nSPS) is 14.0. The molecule has 7 nitrogen and oxygen atoms in total. The van der Waals surface area contributed by atoms with Crippen LogP contribution in [0.1, 0.15) is 16.7 Å². The largest absolute Gasteiger partial charge is 0.493 e. The highest BCUT2D eigenvalue weighted by molar-refractivity contribution is 7.99. The van der Waals surface area contributed by atoms with Crippen LogP contribution in [-0.2, 0) is 9.53 Å². The Morgan fingerprint density at radius 2 is 1.62 bits per heavy atom. The van der Waals surface area contributed by atoms with Crippen LogP contribution in [0.5, 0.6) is 17.2 Å². The number of rotatable bonds is 7. The summed E-state index contributed by atoms with van der Waals surface area (Å²) < 4.78 is 21.8. The summed E-state index contributed by atoms with van der Waals surface area (Å²) in [6.07, 6.45) is 1.72. The van der Waals surface area contributed by atoms with Crippen molar-refractivity contribution in [2.45, 2.75) is 16.8 Å². The van der Waals surface area contributed by atoms with Crippen molar-refractivity contribution in [3.05, 3.63) is 89.1 Å². The van der Waals surface area contributed by atoms with Crippen LogP contribution in [0, 0.1) is 6.92 Å². The number of methoxy groups -OCH3 is 3. The van der Waals surface area contributed by atoms with Gasteiger partial charge in [0.05, 0.1) is 26.8 Å². The first-order valence-electron chi connectivity index (χ1n) is 11.5. The second-order valence-corrected chi connectivity index (χ2v) is 9.31. The number of pyridine rings is 1. The number of esters is 1. The predicted molar refractivity (Wildman–Crippen MR) is 144 cm³/mol. The lowest BCUT2D eigenvalue weighted by Gasteiger charge is -2.13. The number of benzene rings is 3. The van der Waals surface area contributed by atoms with E-state index in [2.05, 4.69) is 11.1 Å². The van der Waals surface area contributed by atoms with Gasteiger partial charge in [0.25, 0.3) is 0 Å². The molecule has 1 aliphatic heterocycles. The Bertz CT molecular complexity index is 1540. The van der Waals surface area contributed by atoms with Crippen LogP contribution in [0.4, 0.5) is 0 Å². The fourth-order valence-corrected chi connectivity index (χ4v) is 4.86. The van der Waals surface area contributed by atoms with Gasteiger partial charge in [0.2, 0.25) is 11.6 Å². The molecule has 3 aromatic carbocycles. The maximum Gasteiger partial charge on any atom is 0.363 e. The lowest BCUT2D eigenvalue weighted by molar-refractivity contribution is -0.129. The lowest BCUT2D eigenvalue weighted by Crippen LogP contribution is -2.07. The molecule has 0 atom stereocenters. The SMILES string of the molecule is COc1cc(C2=N/C(=C/c3cc4cc(C)ccc4nc3Sc3ccccc3)C(=O)O2)cc(OC)c1OC. The van der Waals surface area contributed by atoms with Gasteiger partial charge in [0.15, 0.2) is 17.2 Å². The van der Waals surface area contributed by atoms with E-state index in [1.807, 2.05) is 55.5 Å². The van der Waals surface area contributed by atoms with Crippen molar-refractivity contribution in [3.63, 3.8) is 0 Å². The van der Waals surface area contributed by atoms with Gasteiger partial charge in [-0.05, 0) is 55.5 Å². The molecule has 0 radical (unpaired) electrons. The minimum Gasteiger partial charge on any atom is -0.493 e. The summed E-state index contributed by atoms with van der Waals surface area (Å²) in [6, 6.07) is 21.5. The zero-order chi connectivity index (χ0) is 25.9. The smallest absolute Gasteiger partial charge is 0.363 e. The molecule has 8 heteroatoms. The molecule has 0 saturated carbocycles. The van der Waals surface area contributed by atoms with Crippen LogP contribution in [0.3, 0.4) is 0 Å². The summed E-state index contributed by atoms with van der Waals surface area (Å²) in [4.78, 5) is 23.3. The lowest BCUT2D eigenvalue weighted by atomic mass is 10.1. The summed E-state index contributed by atoms with van der Waals surface area (Å²) in [5.41, 5.74) is 3.47. The number of aliphatic imine (C=N–C) groups is 1. The maximum absolute atomic E-state index is 12.9. The van der Waals surface area contributed by atoms with Gasteiger partial charge in [-0.3, -0.25) is 0 Å². The molecule has 0 unspecified atom stereocenters. The molecule has 0 amide bonds. The van der Waals surface area contributed by atoms with E-state index in [0.29, 0.717) is 22.8 Å². The molecular formula is C29H24N2O5S. The average molecular weight is 513 g/mol. The van der Waals surface area contributed by atoms with E-state index in [4.69, 9.17) is 23.9 Å². The number of cyclic esters (lactones) is 1. The summed E-state index contributed by atoms with van der Waals surface area (Å²) in [5, 5.41) is 1.74. The van der Waals surface area contributed by atoms with Crippen LogP contribution < -0.4 is 14.2 Å². The molecule has 186 valence electrons. The Hall–Kier alpha value is -4.30. The van der Waals surface area contributed by atoms with Crippen LogP contribution in [-0.4, -0.2) is 38.2 Å². The minimum absolute atomic E-state index is 0.150. The second kappa shape index (κ2) is 10.4. The molecule has 1 aliphatic rings. The summed E-state index contributed by atoms with van der Waals surface area (Å²) in [7, 11) is 4.57. The maximum atomic E-state index is 12.9. The first-order valence-corrected chi connectivity index (χ1v) is 12.3. The summed E-state index contributed by atoms with van der Waals surface area (Å²) in [5.74, 6) is 0.906. The second-order valence-electron chi connectivity index (χ2n) is 8.24. The van der Waals surface area contributed by atoms with E-state index in [-0.39, 0.29) is 11.6 Å². The van der Waals surface area contributed by atoms with Gasteiger partial charge < -0.3 is 18.9 Å². The number of fused-ring (bicyclic) bond motifs is 1. The van der Waals surface area contributed by atoms with Gasteiger partial charge in [-0.1, -0.05) is 41.6 Å². The van der Waals surface area contributed by atoms with E-state index >= 15 is 0 Å². The molecule has 37 heavy (non-hydrogen) atoms. The fourth-order valence-electron chi connectivity index (χ4n) is 3.96. The molecular weight excluding hydrogens is 488 g/mol. The van der Waals surface area contributed by atoms with E-state index in [9.17, 15) is 4.79 Å². The number of carbonyl (C=O) groups is 1. The third-order valence-electron chi connectivity index (χ3n) is 5.75. The van der Waals surface area contributed by atoms with E-state index in [0.717, 1.165) is 32.0 Å². The number of aryl methyl sites for hydroxylation is 1. The molecule has 0 aliphatic carbocycles. The topological polar surface area (TPSA) is 79.2 Å². The Kier molecular flexibility index (Phi) is 6.83. The first-order chi connectivity index (χ1) is 18.0. The molecule has 0 bridgehead atoms. The van der Waals surface area contributed by atoms with Crippen molar-refractivity contribution >= 4 is 40.6 Å². The molecule has 0 saturated heterocycles. The highest BCUT2D eigenvalue weighted by atomic mass is 32.2. The number of carbonyl (C=O) groups excluding carboxylic acids is 1. The van der Waals surface area contributed by atoms with Gasteiger partial charge in [-0.25, -0.2) is 14.8 Å². The third kappa shape index (κ3) is 5.01. The van der Waals surface area contributed by atoms with Gasteiger partial charge in [0, 0.05) is 21.4 Å². The molecule has 5 rings (SSSR count). The standard InChI is InChI=1S/C29H24N2O5S/c1-17-10-11-22-18(12-17)13-20(28(31-22)37-21-8-6-5-7-9-21)14-23-29(32)36-27(30-23)19-15-24(33-2)26(35-4)25(16-19)34-3/h5-16H,1-4H3/b23-14+. The number of nitrogens with zero attached hydrogens (tertiary/aromatic N) is 2. The van der Waals surface area contributed by atoms with Crippen LogP contribution in [0.15, 0.2) is 87.3 Å². The van der Waals surface area contributed by atoms with Crippen molar-refractivity contribution in [1.29, 1.82) is 0 Å². The molecule has 0 fully saturated rings. The minimum atomic E-state index is -0.552. The van der Waals surface area contributed by atoms with Gasteiger partial charge in [0.1, 0.15) is 5.03 Å². The first kappa shape index (κ1) is 24.4.